The molecule has 8 heteroatoms. The van der Waals surface area contributed by atoms with Crippen LogP contribution in [-0.2, 0) is 15.3 Å². The third-order valence-electron chi connectivity index (χ3n) is 4.92. The molecule has 25 heavy (non-hydrogen) atoms. The van der Waals surface area contributed by atoms with Gasteiger partial charge in [-0.3, -0.25) is 4.99 Å². The van der Waals surface area contributed by atoms with E-state index < -0.39 is 9.84 Å². The molecule has 1 heterocycles. The number of rotatable bonds is 5. The summed E-state index contributed by atoms with van der Waals surface area (Å²) in [5, 5.41) is 6.59. The summed E-state index contributed by atoms with van der Waals surface area (Å²) in [5.41, 5.74) is 1.30. The summed E-state index contributed by atoms with van der Waals surface area (Å²) in [4.78, 5) is 4.23. The Labute approximate surface area is 166 Å². The molecule has 1 aromatic carbocycles. The van der Waals surface area contributed by atoms with Gasteiger partial charge in [0.15, 0.2) is 15.8 Å². The predicted molar refractivity (Wildman–Crippen MR) is 111 cm³/mol. The summed E-state index contributed by atoms with van der Waals surface area (Å²) in [6.07, 6.45) is 2.85. The molecule has 6 nitrogen and oxygen atoms in total. The minimum Gasteiger partial charge on any atom is -0.496 e. The lowest BCUT2D eigenvalue weighted by Crippen LogP contribution is -2.46. The van der Waals surface area contributed by atoms with E-state index in [9.17, 15) is 8.42 Å². The highest BCUT2D eigenvalue weighted by atomic mass is 127. The van der Waals surface area contributed by atoms with Crippen molar-refractivity contribution >= 4 is 39.8 Å². The normalized spacial score (nSPS) is 23.4. The molecule has 2 fully saturated rings. The molecule has 140 valence electrons. The molecule has 2 N–H and O–H groups in total. The summed E-state index contributed by atoms with van der Waals surface area (Å²) in [7, 11) is 0.513. The van der Waals surface area contributed by atoms with Gasteiger partial charge < -0.3 is 15.4 Å². The highest BCUT2D eigenvalue weighted by Crippen LogP contribution is 2.50. The molecule has 0 spiro atoms. The molecule has 1 saturated carbocycles. The molecule has 3 rings (SSSR count). The van der Waals surface area contributed by atoms with Crippen LogP contribution in [0.25, 0.3) is 0 Å². The largest absolute Gasteiger partial charge is 0.496 e. The number of hydrogen-bond donors (Lipinski definition) is 2. The maximum Gasteiger partial charge on any atom is 0.191 e. The number of para-hydroxylation sites is 1. The molecule has 0 amide bonds. The van der Waals surface area contributed by atoms with Crippen molar-refractivity contribution in [2.75, 3.05) is 32.2 Å². The SMILES string of the molecule is CN=C(NCC1(c2ccccc2OC)CC1)NC1CCS(=O)(=O)C1.I. The first-order valence-corrected chi connectivity index (χ1v) is 10.1. The fourth-order valence-corrected chi connectivity index (χ4v) is 5.00. The minimum atomic E-state index is -2.89. The predicted octanol–water partition coefficient (Wildman–Crippen LogP) is 1.70. The number of guanidine groups is 1. The summed E-state index contributed by atoms with van der Waals surface area (Å²) >= 11 is 0. The Morgan fingerprint density at radius 1 is 1.36 bits per heavy atom. The number of aliphatic imine (C=N–C) groups is 1. The first-order chi connectivity index (χ1) is 11.5. The lowest BCUT2D eigenvalue weighted by Gasteiger charge is -2.22. The van der Waals surface area contributed by atoms with Crippen LogP contribution in [0.2, 0.25) is 0 Å². The van der Waals surface area contributed by atoms with Crippen LogP contribution in [0.1, 0.15) is 24.8 Å². The maximum atomic E-state index is 11.6. The van der Waals surface area contributed by atoms with E-state index in [1.807, 2.05) is 18.2 Å². The van der Waals surface area contributed by atoms with Crippen LogP contribution >= 0.6 is 24.0 Å². The van der Waals surface area contributed by atoms with Gasteiger partial charge in [-0.2, -0.15) is 0 Å². The van der Waals surface area contributed by atoms with Crippen LogP contribution in [0.3, 0.4) is 0 Å². The average molecular weight is 479 g/mol. The van der Waals surface area contributed by atoms with Crippen molar-refractivity contribution in [1.82, 2.24) is 10.6 Å². The fourth-order valence-electron chi connectivity index (χ4n) is 3.32. The van der Waals surface area contributed by atoms with Gasteiger partial charge in [0, 0.05) is 30.6 Å². The van der Waals surface area contributed by atoms with Gasteiger partial charge in [-0.1, -0.05) is 18.2 Å². The molecule has 1 aromatic rings. The number of nitrogens with zero attached hydrogens (tertiary/aromatic N) is 1. The highest BCUT2D eigenvalue weighted by Gasteiger charge is 2.46. The summed E-state index contributed by atoms with van der Waals surface area (Å²) in [6, 6.07) is 8.07. The van der Waals surface area contributed by atoms with E-state index in [1.54, 1.807) is 14.2 Å². The second-order valence-electron chi connectivity index (χ2n) is 6.65. The van der Waals surface area contributed by atoms with Crippen molar-refractivity contribution in [1.29, 1.82) is 0 Å². The Kier molecular flexibility index (Phi) is 6.58. The molecule has 0 bridgehead atoms. The number of ether oxygens (including phenoxy) is 1. The molecular formula is C17H26IN3O3S. The van der Waals surface area contributed by atoms with E-state index in [-0.39, 0.29) is 46.9 Å². The molecule has 1 aliphatic heterocycles. The first kappa shape index (κ1) is 20.3. The molecule has 1 aliphatic carbocycles. The number of nitrogens with one attached hydrogen (secondary N) is 2. The van der Waals surface area contributed by atoms with Gasteiger partial charge in [0.2, 0.25) is 0 Å². The zero-order valence-corrected chi connectivity index (χ0v) is 17.8. The molecule has 0 aromatic heterocycles. The standard InChI is InChI=1S/C17H25N3O3S.HI/c1-18-16(20-13-7-10-24(21,22)11-13)19-12-17(8-9-17)14-5-3-4-6-15(14)23-2;/h3-6,13H,7-12H2,1-2H3,(H2,18,19,20);1H. The van der Waals surface area contributed by atoms with E-state index in [0.29, 0.717) is 12.4 Å². The van der Waals surface area contributed by atoms with Gasteiger partial charge in [0.25, 0.3) is 0 Å². The van der Waals surface area contributed by atoms with Crippen LogP contribution in [0.4, 0.5) is 0 Å². The summed E-state index contributed by atoms with van der Waals surface area (Å²) in [5.74, 6) is 2.03. The Bertz CT molecular complexity index is 732. The van der Waals surface area contributed by atoms with Gasteiger partial charge >= 0.3 is 0 Å². The molecule has 1 unspecified atom stereocenters. The molecule has 2 aliphatic rings. The Balaban J connectivity index is 0.00000225. The number of benzene rings is 1. The van der Waals surface area contributed by atoms with E-state index in [0.717, 1.165) is 25.1 Å². The van der Waals surface area contributed by atoms with Crippen molar-refractivity contribution in [2.24, 2.45) is 4.99 Å². The van der Waals surface area contributed by atoms with Crippen molar-refractivity contribution in [3.8, 4) is 5.75 Å². The monoisotopic (exact) mass is 479 g/mol. The van der Waals surface area contributed by atoms with Crippen molar-refractivity contribution in [3.05, 3.63) is 29.8 Å². The van der Waals surface area contributed by atoms with E-state index >= 15 is 0 Å². The smallest absolute Gasteiger partial charge is 0.191 e. The molecular weight excluding hydrogens is 453 g/mol. The molecule has 0 radical (unpaired) electrons. The van der Waals surface area contributed by atoms with E-state index in [4.69, 9.17) is 4.74 Å². The topological polar surface area (TPSA) is 79.8 Å². The summed E-state index contributed by atoms with van der Waals surface area (Å²) < 4.78 is 28.7. The van der Waals surface area contributed by atoms with Crippen LogP contribution in [0, 0.1) is 0 Å². The average Bonchev–Trinajstić information content (AvgIpc) is 3.29. The maximum absolute atomic E-state index is 11.6. The van der Waals surface area contributed by atoms with Crippen LogP contribution in [0.5, 0.6) is 5.75 Å². The van der Waals surface area contributed by atoms with E-state index in [1.165, 1.54) is 5.56 Å². The highest BCUT2D eigenvalue weighted by molar-refractivity contribution is 14.0. The van der Waals surface area contributed by atoms with Crippen molar-refractivity contribution < 1.29 is 13.2 Å². The number of halogens is 1. The second kappa shape index (κ2) is 8.11. The third-order valence-corrected chi connectivity index (χ3v) is 6.69. The zero-order chi connectivity index (χ0) is 17.2. The van der Waals surface area contributed by atoms with Gasteiger partial charge in [-0.15, -0.1) is 24.0 Å². The molecule has 1 atom stereocenters. The fraction of sp³-hybridized carbons (Fsp3) is 0.588. The second-order valence-corrected chi connectivity index (χ2v) is 8.88. The minimum absolute atomic E-state index is 0. The third kappa shape index (κ3) is 4.78. The van der Waals surface area contributed by atoms with Crippen LogP contribution in [0.15, 0.2) is 29.3 Å². The van der Waals surface area contributed by atoms with Gasteiger partial charge in [0.05, 0.1) is 18.6 Å². The Morgan fingerprint density at radius 3 is 2.64 bits per heavy atom. The summed E-state index contributed by atoms with van der Waals surface area (Å²) in [6.45, 7) is 0.756. The lowest BCUT2D eigenvalue weighted by atomic mass is 9.95. The Morgan fingerprint density at radius 2 is 2.08 bits per heavy atom. The van der Waals surface area contributed by atoms with Gasteiger partial charge in [-0.05, 0) is 25.3 Å². The number of methoxy groups -OCH3 is 1. The van der Waals surface area contributed by atoms with Gasteiger partial charge in [0.1, 0.15) is 5.75 Å². The van der Waals surface area contributed by atoms with Gasteiger partial charge in [-0.25, -0.2) is 8.42 Å². The van der Waals surface area contributed by atoms with Crippen LogP contribution < -0.4 is 15.4 Å². The molecule has 1 saturated heterocycles. The number of sulfone groups is 1. The quantitative estimate of drug-likeness (QED) is 0.382. The zero-order valence-electron chi connectivity index (χ0n) is 14.6. The van der Waals surface area contributed by atoms with Crippen LogP contribution in [-0.4, -0.2) is 52.6 Å². The van der Waals surface area contributed by atoms with E-state index in [2.05, 4.69) is 21.7 Å². The lowest BCUT2D eigenvalue weighted by molar-refractivity contribution is 0.403. The Hall–Kier alpha value is -1.03. The van der Waals surface area contributed by atoms with Crippen molar-refractivity contribution in [3.63, 3.8) is 0 Å². The first-order valence-electron chi connectivity index (χ1n) is 8.29. The van der Waals surface area contributed by atoms with Crippen molar-refractivity contribution in [2.45, 2.75) is 30.7 Å². The number of hydrogen-bond acceptors (Lipinski definition) is 4.